The van der Waals surface area contributed by atoms with E-state index in [9.17, 15) is 9.59 Å². The summed E-state index contributed by atoms with van der Waals surface area (Å²) in [6.07, 6.45) is 3.17. The molecule has 0 unspecified atom stereocenters. The number of aromatic nitrogens is 2. The number of anilines is 2. The normalized spacial score (nSPS) is 15.8. The first-order valence-corrected chi connectivity index (χ1v) is 10.2. The van der Waals surface area contributed by atoms with Crippen molar-refractivity contribution in [2.45, 2.75) is 20.0 Å². The van der Waals surface area contributed by atoms with Gasteiger partial charge in [-0.05, 0) is 30.2 Å². The molecule has 29 heavy (non-hydrogen) atoms. The van der Waals surface area contributed by atoms with Gasteiger partial charge in [-0.2, -0.15) is 0 Å². The Morgan fingerprint density at radius 2 is 2.10 bits per heavy atom. The lowest BCUT2D eigenvalue weighted by Crippen LogP contribution is -2.53. The first-order valence-electron chi connectivity index (χ1n) is 9.35. The van der Waals surface area contributed by atoms with Crippen molar-refractivity contribution in [1.82, 2.24) is 14.9 Å². The summed E-state index contributed by atoms with van der Waals surface area (Å²) >= 11 is 1.34. The summed E-state index contributed by atoms with van der Waals surface area (Å²) in [7, 11) is 0. The van der Waals surface area contributed by atoms with E-state index in [0.717, 1.165) is 16.9 Å². The van der Waals surface area contributed by atoms with E-state index in [1.165, 1.54) is 11.3 Å². The van der Waals surface area contributed by atoms with Gasteiger partial charge < -0.3 is 15.5 Å². The fraction of sp³-hybridized carbons (Fsp3) is 0.238. The molecule has 7 nitrogen and oxygen atoms in total. The Labute approximate surface area is 172 Å². The van der Waals surface area contributed by atoms with Crippen LogP contribution in [-0.4, -0.2) is 39.4 Å². The summed E-state index contributed by atoms with van der Waals surface area (Å²) in [4.78, 5) is 35.8. The zero-order chi connectivity index (χ0) is 20.4. The number of thiazole rings is 1. The summed E-state index contributed by atoms with van der Waals surface area (Å²) in [6.45, 7) is 3.99. The molecule has 0 aliphatic carbocycles. The number of nitrogens with one attached hydrogen (secondary N) is 2. The highest BCUT2D eigenvalue weighted by atomic mass is 32.1. The first kappa shape index (κ1) is 19.1. The summed E-state index contributed by atoms with van der Waals surface area (Å²) < 4.78 is 0. The van der Waals surface area contributed by atoms with Crippen LogP contribution in [0.1, 0.15) is 24.2 Å². The van der Waals surface area contributed by atoms with Crippen molar-refractivity contribution in [3.8, 4) is 11.3 Å². The predicted octanol–water partition coefficient (Wildman–Crippen LogP) is 3.69. The van der Waals surface area contributed by atoms with Gasteiger partial charge in [0.1, 0.15) is 12.7 Å². The molecular weight excluding hydrogens is 386 g/mol. The Hall–Kier alpha value is -3.26. The number of carbonyl (C=O) groups is 2. The molecule has 8 heteroatoms. The van der Waals surface area contributed by atoms with Crippen LogP contribution in [0.2, 0.25) is 0 Å². The van der Waals surface area contributed by atoms with E-state index < -0.39 is 0 Å². The Kier molecular flexibility index (Phi) is 5.26. The minimum Gasteiger partial charge on any atom is -0.364 e. The number of amides is 2. The van der Waals surface area contributed by atoms with E-state index in [4.69, 9.17) is 0 Å². The summed E-state index contributed by atoms with van der Waals surface area (Å²) in [5.41, 5.74) is 3.01. The van der Waals surface area contributed by atoms with Crippen molar-refractivity contribution in [1.29, 1.82) is 0 Å². The van der Waals surface area contributed by atoms with Crippen LogP contribution in [0.3, 0.4) is 0 Å². The second-order valence-corrected chi connectivity index (χ2v) is 8.00. The lowest BCUT2D eigenvalue weighted by molar-refractivity contribution is -0.117. The van der Waals surface area contributed by atoms with Crippen LogP contribution >= 0.6 is 11.3 Å². The number of rotatable bonds is 5. The number of para-hydroxylation sites is 1. The van der Waals surface area contributed by atoms with Crippen molar-refractivity contribution < 1.29 is 9.59 Å². The van der Waals surface area contributed by atoms with Crippen molar-refractivity contribution in [3.63, 3.8) is 0 Å². The molecule has 0 saturated heterocycles. The fourth-order valence-corrected chi connectivity index (χ4v) is 4.04. The number of hydrogen-bond acceptors (Lipinski definition) is 6. The van der Waals surface area contributed by atoms with Crippen molar-refractivity contribution >= 4 is 34.0 Å². The predicted molar refractivity (Wildman–Crippen MR) is 114 cm³/mol. The molecule has 0 saturated carbocycles. The van der Waals surface area contributed by atoms with Gasteiger partial charge in [0.15, 0.2) is 5.13 Å². The minimum atomic E-state index is -0.280. The number of fused-ring (bicyclic) bond motifs is 1. The van der Waals surface area contributed by atoms with Crippen LogP contribution in [0.5, 0.6) is 0 Å². The van der Waals surface area contributed by atoms with E-state index in [2.05, 4.69) is 20.6 Å². The molecule has 3 aromatic rings. The van der Waals surface area contributed by atoms with E-state index in [1.807, 2.05) is 49.6 Å². The summed E-state index contributed by atoms with van der Waals surface area (Å²) in [6, 6.07) is 11.1. The average Bonchev–Trinajstić information content (AvgIpc) is 3.19. The Balaban J connectivity index is 1.49. The number of hydrogen-bond donors (Lipinski definition) is 2. The lowest BCUT2D eigenvalue weighted by atomic mass is 10.0. The molecule has 1 aliphatic rings. The van der Waals surface area contributed by atoms with E-state index >= 15 is 0 Å². The van der Waals surface area contributed by atoms with Crippen molar-refractivity contribution in [2.75, 3.05) is 17.2 Å². The molecule has 4 rings (SSSR count). The van der Waals surface area contributed by atoms with Gasteiger partial charge in [0.2, 0.25) is 5.91 Å². The Bertz CT molecular complexity index is 1030. The van der Waals surface area contributed by atoms with Gasteiger partial charge >= 0.3 is 0 Å². The highest BCUT2D eigenvalue weighted by Gasteiger charge is 2.34. The third-order valence-electron chi connectivity index (χ3n) is 4.71. The molecule has 1 aliphatic heterocycles. The highest BCUT2D eigenvalue weighted by Crippen LogP contribution is 2.28. The van der Waals surface area contributed by atoms with Crippen LogP contribution < -0.4 is 10.6 Å². The van der Waals surface area contributed by atoms with Crippen LogP contribution in [0.4, 0.5) is 10.8 Å². The fourth-order valence-electron chi connectivity index (χ4n) is 3.30. The molecule has 0 fully saturated rings. The highest BCUT2D eigenvalue weighted by molar-refractivity contribution is 7.14. The average molecular weight is 407 g/mol. The van der Waals surface area contributed by atoms with Crippen molar-refractivity contribution in [3.05, 3.63) is 59.7 Å². The molecule has 2 aromatic heterocycles. The Morgan fingerprint density at radius 1 is 1.28 bits per heavy atom. The smallest absolute Gasteiger partial charge is 0.258 e. The monoisotopic (exact) mass is 407 g/mol. The molecule has 1 atom stereocenters. The van der Waals surface area contributed by atoms with Crippen LogP contribution in [0, 0.1) is 5.92 Å². The molecule has 3 heterocycles. The molecule has 148 valence electrons. The zero-order valence-corrected chi connectivity index (χ0v) is 16.9. The Morgan fingerprint density at radius 3 is 2.86 bits per heavy atom. The molecule has 0 radical (unpaired) electrons. The van der Waals surface area contributed by atoms with Gasteiger partial charge in [-0.3, -0.25) is 14.6 Å². The van der Waals surface area contributed by atoms with Crippen molar-refractivity contribution in [2.24, 2.45) is 5.92 Å². The largest absolute Gasteiger partial charge is 0.364 e. The molecule has 0 spiro atoms. The number of carbonyl (C=O) groups excluding carboxylic acids is 2. The van der Waals surface area contributed by atoms with Crippen LogP contribution in [-0.2, 0) is 4.79 Å². The van der Waals surface area contributed by atoms with Gasteiger partial charge in [0.05, 0.1) is 11.3 Å². The van der Waals surface area contributed by atoms with Gasteiger partial charge in [-0.1, -0.05) is 26.0 Å². The SMILES string of the molecule is CC(C)[C@H]1Nc2ccccc2C(=O)N1CC(=O)Nc1nc(-c2cccnc2)cs1. The van der Waals surface area contributed by atoms with Gasteiger partial charge in [-0.15, -0.1) is 11.3 Å². The third kappa shape index (κ3) is 3.97. The maximum Gasteiger partial charge on any atom is 0.258 e. The minimum absolute atomic E-state index is 0.0508. The first-order chi connectivity index (χ1) is 14.0. The molecule has 2 amide bonds. The quantitative estimate of drug-likeness (QED) is 0.673. The number of pyridine rings is 1. The van der Waals surface area contributed by atoms with Crippen LogP contribution in [0.15, 0.2) is 54.2 Å². The van der Waals surface area contributed by atoms with E-state index in [0.29, 0.717) is 10.7 Å². The molecular formula is C21H21N5O2S. The van der Waals surface area contributed by atoms with Gasteiger partial charge in [-0.25, -0.2) is 4.98 Å². The number of nitrogens with zero attached hydrogens (tertiary/aromatic N) is 3. The molecule has 1 aromatic carbocycles. The molecule has 2 N–H and O–H groups in total. The van der Waals surface area contributed by atoms with Gasteiger partial charge in [0, 0.05) is 29.0 Å². The standard InChI is InChI=1S/C21H21N5O2S/c1-13(2)19-23-16-8-4-3-7-15(16)20(28)26(19)11-18(27)25-21-24-17(12-29-21)14-6-5-9-22-10-14/h3-10,12-13,19,23H,11H2,1-2H3,(H,24,25,27)/t19-/m0/s1. The zero-order valence-electron chi connectivity index (χ0n) is 16.1. The lowest BCUT2D eigenvalue weighted by Gasteiger charge is -2.39. The van der Waals surface area contributed by atoms with Gasteiger partial charge in [0.25, 0.3) is 5.91 Å². The van der Waals surface area contributed by atoms with E-state index in [1.54, 1.807) is 23.4 Å². The molecule has 0 bridgehead atoms. The number of benzene rings is 1. The second-order valence-electron chi connectivity index (χ2n) is 7.14. The van der Waals surface area contributed by atoms with E-state index in [-0.39, 0.29) is 30.4 Å². The summed E-state index contributed by atoms with van der Waals surface area (Å²) in [5.74, 6) is -0.294. The third-order valence-corrected chi connectivity index (χ3v) is 5.47. The second kappa shape index (κ2) is 8.00. The topological polar surface area (TPSA) is 87.2 Å². The maximum atomic E-state index is 13.0. The summed E-state index contributed by atoms with van der Waals surface area (Å²) in [5, 5.41) is 8.55. The maximum absolute atomic E-state index is 13.0. The van der Waals surface area contributed by atoms with Crippen LogP contribution in [0.25, 0.3) is 11.3 Å².